The first-order chi connectivity index (χ1) is 7.00. The first-order valence-corrected chi connectivity index (χ1v) is 6.66. The van der Waals surface area contributed by atoms with Crippen LogP contribution in [0, 0.1) is 18.3 Å². The minimum absolute atomic E-state index is 0.515. The zero-order valence-corrected chi connectivity index (χ0v) is 10.9. The third-order valence-electron chi connectivity index (χ3n) is 3.68. The Morgan fingerprint density at radius 1 is 1.60 bits per heavy atom. The minimum Gasteiger partial charge on any atom is -0.309 e. The van der Waals surface area contributed by atoms with Gasteiger partial charge in [-0.2, -0.15) is 0 Å². The summed E-state index contributed by atoms with van der Waals surface area (Å²) in [5.41, 5.74) is 2.02. The summed E-state index contributed by atoms with van der Waals surface area (Å²) in [6, 6.07) is 2.72. The highest BCUT2D eigenvalue weighted by atomic mass is 32.1. The molecule has 1 aromatic rings. The van der Waals surface area contributed by atoms with Gasteiger partial charge in [-0.3, -0.25) is 0 Å². The molecule has 15 heavy (non-hydrogen) atoms. The Hall–Kier alpha value is -0.340. The monoisotopic (exact) mass is 223 g/mol. The number of thiophene rings is 1. The van der Waals surface area contributed by atoms with Gasteiger partial charge in [0.2, 0.25) is 0 Å². The molecular formula is C13H21NS. The minimum atomic E-state index is 0.515. The van der Waals surface area contributed by atoms with Gasteiger partial charge in [-0.05, 0) is 55.2 Å². The molecule has 0 saturated heterocycles. The van der Waals surface area contributed by atoms with E-state index in [2.05, 4.69) is 44.5 Å². The van der Waals surface area contributed by atoms with Crippen LogP contribution in [-0.4, -0.2) is 6.54 Å². The van der Waals surface area contributed by atoms with E-state index in [9.17, 15) is 0 Å². The molecule has 1 saturated carbocycles. The molecule has 1 nitrogen and oxygen atoms in total. The fraction of sp³-hybridized carbons (Fsp3) is 0.692. The van der Waals surface area contributed by atoms with Crippen molar-refractivity contribution in [1.82, 2.24) is 5.32 Å². The molecule has 1 aliphatic rings. The molecule has 2 unspecified atom stereocenters. The van der Waals surface area contributed by atoms with Gasteiger partial charge in [-0.1, -0.05) is 13.8 Å². The number of hydrogen-bond acceptors (Lipinski definition) is 2. The lowest BCUT2D eigenvalue weighted by Gasteiger charge is -2.14. The number of rotatable bonds is 4. The van der Waals surface area contributed by atoms with Crippen molar-refractivity contribution in [2.75, 3.05) is 6.54 Å². The van der Waals surface area contributed by atoms with Crippen LogP contribution in [-0.2, 0) is 0 Å². The standard InChI is InChI=1S/C13H21NS/c1-9-5-6-15-12(9)10(2)14-8-11-7-13(11,3)4/h5-6,10-11,14H,7-8H2,1-4H3. The van der Waals surface area contributed by atoms with E-state index < -0.39 is 0 Å². The van der Waals surface area contributed by atoms with Crippen molar-refractivity contribution < 1.29 is 0 Å². The van der Waals surface area contributed by atoms with Crippen LogP contribution in [0.3, 0.4) is 0 Å². The molecule has 0 radical (unpaired) electrons. The lowest BCUT2D eigenvalue weighted by Crippen LogP contribution is -2.22. The quantitative estimate of drug-likeness (QED) is 0.819. The second kappa shape index (κ2) is 3.91. The van der Waals surface area contributed by atoms with Crippen LogP contribution >= 0.6 is 11.3 Å². The van der Waals surface area contributed by atoms with E-state index in [4.69, 9.17) is 0 Å². The van der Waals surface area contributed by atoms with Crippen molar-refractivity contribution in [2.24, 2.45) is 11.3 Å². The predicted octanol–water partition coefficient (Wildman–Crippen LogP) is 3.75. The van der Waals surface area contributed by atoms with E-state index in [0.717, 1.165) is 5.92 Å². The summed E-state index contributed by atoms with van der Waals surface area (Å²) >= 11 is 1.87. The smallest absolute Gasteiger partial charge is 0.0388 e. The molecule has 1 heterocycles. The molecule has 0 spiro atoms. The maximum atomic E-state index is 3.65. The summed E-state index contributed by atoms with van der Waals surface area (Å²) in [4.78, 5) is 1.49. The highest BCUT2D eigenvalue weighted by Gasteiger charge is 2.44. The van der Waals surface area contributed by atoms with Gasteiger partial charge in [0.05, 0.1) is 0 Å². The normalized spacial score (nSPS) is 25.2. The summed E-state index contributed by atoms with van der Waals surface area (Å²) in [5.74, 6) is 0.889. The molecule has 2 heteroatoms. The van der Waals surface area contributed by atoms with Gasteiger partial charge in [0, 0.05) is 10.9 Å². The maximum absolute atomic E-state index is 3.65. The van der Waals surface area contributed by atoms with Gasteiger partial charge in [-0.15, -0.1) is 11.3 Å². The third kappa shape index (κ3) is 2.43. The number of hydrogen-bond donors (Lipinski definition) is 1. The maximum Gasteiger partial charge on any atom is 0.0388 e. The molecule has 84 valence electrons. The zero-order valence-electron chi connectivity index (χ0n) is 10.1. The Balaban J connectivity index is 1.83. The summed E-state index contributed by atoms with van der Waals surface area (Å²) in [6.07, 6.45) is 1.39. The Kier molecular flexibility index (Phi) is 2.91. The fourth-order valence-corrected chi connectivity index (χ4v) is 3.12. The molecule has 0 aromatic carbocycles. The lowest BCUT2D eigenvalue weighted by molar-refractivity contribution is 0.487. The Morgan fingerprint density at radius 3 is 2.73 bits per heavy atom. The largest absolute Gasteiger partial charge is 0.309 e. The lowest BCUT2D eigenvalue weighted by atomic mass is 10.1. The topological polar surface area (TPSA) is 12.0 Å². The van der Waals surface area contributed by atoms with Crippen molar-refractivity contribution in [3.05, 3.63) is 21.9 Å². The molecule has 2 rings (SSSR count). The SMILES string of the molecule is Cc1ccsc1C(C)NCC1CC1(C)C. The highest BCUT2D eigenvalue weighted by molar-refractivity contribution is 7.10. The van der Waals surface area contributed by atoms with Gasteiger partial charge < -0.3 is 5.32 Å². The predicted molar refractivity (Wildman–Crippen MR) is 67.4 cm³/mol. The van der Waals surface area contributed by atoms with Crippen LogP contribution in [0.25, 0.3) is 0 Å². The van der Waals surface area contributed by atoms with Gasteiger partial charge >= 0.3 is 0 Å². The zero-order chi connectivity index (χ0) is 11.1. The molecule has 1 aromatic heterocycles. The molecule has 1 N–H and O–H groups in total. The Bertz CT molecular complexity index is 340. The van der Waals surface area contributed by atoms with E-state index in [-0.39, 0.29) is 0 Å². The van der Waals surface area contributed by atoms with Crippen molar-refractivity contribution in [1.29, 1.82) is 0 Å². The van der Waals surface area contributed by atoms with Crippen LogP contribution in [0.2, 0.25) is 0 Å². The summed E-state index contributed by atoms with van der Waals surface area (Å²) in [6.45, 7) is 10.4. The number of nitrogens with one attached hydrogen (secondary N) is 1. The van der Waals surface area contributed by atoms with Crippen molar-refractivity contribution in [3.8, 4) is 0 Å². The van der Waals surface area contributed by atoms with Crippen LogP contribution in [0.4, 0.5) is 0 Å². The van der Waals surface area contributed by atoms with Crippen LogP contribution in [0.15, 0.2) is 11.4 Å². The number of aryl methyl sites for hydroxylation is 1. The summed E-state index contributed by atoms with van der Waals surface area (Å²) in [5, 5.41) is 5.84. The first kappa shape index (κ1) is 11.2. The Labute approximate surface area is 96.9 Å². The second-order valence-corrected chi connectivity index (χ2v) is 6.44. The van der Waals surface area contributed by atoms with E-state index in [1.54, 1.807) is 0 Å². The molecule has 0 bridgehead atoms. The summed E-state index contributed by atoms with van der Waals surface area (Å²) in [7, 11) is 0. The van der Waals surface area contributed by atoms with Crippen molar-refractivity contribution in [3.63, 3.8) is 0 Å². The van der Waals surface area contributed by atoms with E-state index in [1.165, 1.54) is 23.4 Å². The molecule has 1 aliphatic carbocycles. The van der Waals surface area contributed by atoms with Crippen LogP contribution in [0.1, 0.15) is 43.7 Å². The van der Waals surface area contributed by atoms with Gasteiger partial charge in [0.15, 0.2) is 0 Å². The molecule has 0 aliphatic heterocycles. The first-order valence-electron chi connectivity index (χ1n) is 5.78. The van der Waals surface area contributed by atoms with Gasteiger partial charge in [-0.25, -0.2) is 0 Å². The average molecular weight is 223 g/mol. The van der Waals surface area contributed by atoms with E-state index >= 15 is 0 Å². The van der Waals surface area contributed by atoms with E-state index in [0.29, 0.717) is 11.5 Å². The molecule has 2 atom stereocenters. The highest BCUT2D eigenvalue weighted by Crippen LogP contribution is 2.51. The average Bonchev–Trinajstić information content (AvgIpc) is 2.58. The fourth-order valence-electron chi connectivity index (χ4n) is 2.16. The molecule has 0 amide bonds. The summed E-state index contributed by atoms with van der Waals surface area (Å²) < 4.78 is 0. The van der Waals surface area contributed by atoms with Crippen molar-refractivity contribution >= 4 is 11.3 Å². The third-order valence-corrected chi connectivity index (χ3v) is 4.88. The molecular weight excluding hydrogens is 202 g/mol. The van der Waals surface area contributed by atoms with Gasteiger partial charge in [0.1, 0.15) is 0 Å². The Morgan fingerprint density at radius 2 is 2.27 bits per heavy atom. The van der Waals surface area contributed by atoms with Crippen LogP contribution < -0.4 is 5.32 Å². The van der Waals surface area contributed by atoms with Gasteiger partial charge in [0.25, 0.3) is 0 Å². The molecule has 1 fully saturated rings. The van der Waals surface area contributed by atoms with Crippen molar-refractivity contribution in [2.45, 2.75) is 40.2 Å². The second-order valence-electron chi connectivity index (χ2n) is 5.49. The van der Waals surface area contributed by atoms with Crippen LogP contribution in [0.5, 0.6) is 0 Å². The van der Waals surface area contributed by atoms with E-state index in [1.807, 2.05) is 11.3 Å².